The van der Waals surface area contributed by atoms with Crippen LogP contribution >= 0.6 is 35.4 Å². The van der Waals surface area contributed by atoms with Gasteiger partial charge in [0.15, 0.2) is 0 Å². The van der Waals surface area contributed by atoms with Crippen molar-refractivity contribution >= 4 is 41.1 Å². The lowest BCUT2D eigenvalue weighted by Crippen LogP contribution is -2.09. The summed E-state index contributed by atoms with van der Waals surface area (Å²) in [7, 11) is 0. The van der Waals surface area contributed by atoms with Crippen molar-refractivity contribution in [1.82, 2.24) is 9.78 Å². The number of para-hydroxylation sites is 1. The third-order valence-electron chi connectivity index (χ3n) is 3.00. The van der Waals surface area contributed by atoms with E-state index in [1.807, 2.05) is 36.4 Å². The first-order valence-electron chi connectivity index (χ1n) is 6.46. The summed E-state index contributed by atoms with van der Waals surface area (Å²) in [6.07, 6.45) is 0. The molecule has 2 aromatic carbocycles. The van der Waals surface area contributed by atoms with Crippen LogP contribution in [0, 0.1) is 4.84 Å². The smallest absolute Gasteiger partial charge is 0.289 e. The third-order valence-corrected chi connectivity index (χ3v) is 3.96. The number of rotatable bonds is 4. The molecule has 112 valence electrons. The fourth-order valence-corrected chi connectivity index (χ4v) is 2.52. The van der Waals surface area contributed by atoms with Gasteiger partial charge in [-0.1, -0.05) is 47.5 Å². The zero-order chi connectivity index (χ0) is 15.5. The van der Waals surface area contributed by atoms with Gasteiger partial charge in [-0.15, -0.1) is 5.10 Å². The Hall–Kier alpha value is -1.82. The van der Waals surface area contributed by atoms with Gasteiger partial charge < -0.3 is 9.73 Å². The number of hydrogen-bond donors (Lipinski definition) is 1. The molecule has 0 fully saturated rings. The number of halogens is 2. The second-order valence-corrected chi connectivity index (χ2v) is 5.63. The average Bonchev–Trinajstić information content (AvgIpc) is 2.88. The van der Waals surface area contributed by atoms with Crippen molar-refractivity contribution in [1.29, 1.82) is 0 Å². The summed E-state index contributed by atoms with van der Waals surface area (Å²) in [6, 6.07) is 14.8. The molecule has 3 rings (SSSR count). The largest absolute Gasteiger partial charge is 0.409 e. The van der Waals surface area contributed by atoms with Gasteiger partial charge in [0.25, 0.3) is 4.84 Å². The molecule has 4 nitrogen and oxygen atoms in total. The summed E-state index contributed by atoms with van der Waals surface area (Å²) in [6.45, 7) is 0.344. The van der Waals surface area contributed by atoms with Crippen molar-refractivity contribution in [2.75, 3.05) is 5.32 Å². The van der Waals surface area contributed by atoms with Gasteiger partial charge >= 0.3 is 0 Å². The van der Waals surface area contributed by atoms with E-state index in [2.05, 4.69) is 10.4 Å². The maximum atomic E-state index is 6.14. The normalized spacial score (nSPS) is 10.6. The van der Waals surface area contributed by atoms with E-state index in [4.69, 9.17) is 39.8 Å². The summed E-state index contributed by atoms with van der Waals surface area (Å²) in [5.74, 6) is 0.386. The van der Waals surface area contributed by atoms with E-state index < -0.39 is 0 Å². The quantitative estimate of drug-likeness (QED) is 0.652. The fourth-order valence-electron chi connectivity index (χ4n) is 1.91. The van der Waals surface area contributed by atoms with E-state index in [9.17, 15) is 0 Å². The Bertz CT molecular complexity index is 860. The van der Waals surface area contributed by atoms with Gasteiger partial charge in [-0.25, -0.2) is 4.68 Å². The third kappa shape index (κ3) is 3.16. The second-order valence-electron chi connectivity index (χ2n) is 4.47. The first-order chi connectivity index (χ1) is 10.6. The molecule has 1 heterocycles. The zero-order valence-electron chi connectivity index (χ0n) is 11.3. The van der Waals surface area contributed by atoms with Gasteiger partial charge in [0.2, 0.25) is 5.89 Å². The van der Waals surface area contributed by atoms with Gasteiger partial charge in [-0.05, 0) is 36.5 Å². The average molecular weight is 352 g/mol. The molecule has 0 amide bonds. The number of nitrogens with one attached hydrogen (secondary N) is 1. The predicted molar refractivity (Wildman–Crippen MR) is 90.8 cm³/mol. The highest BCUT2D eigenvalue weighted by Crippen LogP contribution is 2.26. The minimum absolute atomic E-state index is 0.259. The molecule has 0 bridgehead atoms. The molecule has 0 aliphatic rings. The van der Waals surface area contributed by atoms with E-state index in [-0.39, 0.29) is 4.84 Å². The van der Waals surface area contributed by atoms with Crippen LogP contribution in [0.2, 0.25) is 10.0 Å². The molecule has 0 radical (unpaired) electrons. The fraction of sp³-hybridized carbons (Fsp3) is 0.0667. The second kappa shape index (κ2) is 6.52. The molecule has 0 aliphatic carbocycles. The van der Waals surface area contributed by atoms with Crippen LogP contribution in [0.25, 0.3) is 11.5 Å². The molecule has 7 heteroatoms. The van der Waals surface area contributed by atoms with Crippen LogP contribution in [0.15, 0.2) is 52.9 Å². The van der Waals surface area contributed by atoms with Gasteiger partial charge in [0.1, 0.15) is 6.67 Å². The number of aromatic nitrogens is 2. The molecule has 0 saturated carbocycles. The molecule has 1 aromatic heterocycles. The van der Waals surface area contributed by atoms with Crippen LogP contribution in [0.4, 0.5) is 5.69 Å². The summed E-state index contributed by atoms with van der Waals surface area (Å²) < 4.78 is 7.05. The van der Waals surface area contributed by atoms with Crippen LogP contribution in [-0.2, 0) is 6.67 Å². The summed E-state index contributed by atoms with van der Waals surface area (Å²) in [5, 5.41) is 8.69. The first kappa shape index (κ1) is 15.1. The highest BCUT2D eigenvalue weighted by atomic mass is 35.5. The Balaban J connectivity index is 1.83. The number of anilines is 1. The molecule has 0 atom stereocenters. The standard InChI is InChI=1S/C15H11Cl2N3OS/c16-11-6-2-1-5-10(11)14-19-20(15(22)21-14)9-18-13-8-4-3-7-12(13)17/h1-8,18H,9H2. The highest BCUT2D eigenvalue weighted by Gasteiger charge is 2.11. The van der Waals surface area contributed by atoms with Crippen molar-refractivity contribution in [3.8, 4) is 11.5 Å². The van der Waals surface area contributed by atoms with Crippen molar-refractivity contribution in [3.05, 3.63) is 63.4 Å². The molecule has 1 N–H and O–H groups in total. The van der Waals surface area contributed by atoms with Crippen LogP contribution in [0.1, 0.15) is 0 Å². The Labute approximate surface area is 142 Å². The molecule has 0 aliphatic heterocycles. The molecule has 3 aromatic rings. The molecule has 0 spiro atoms. The Morgan fingerprint density at radius 2 is 1.73 bits per heavy atom. The zero-order valence-corrected chi connectivity index (χ0v) is 13.6. The SMILES string of the molecule is S=c1oc(-c2ccccc2Cl)nn1CNc1ccccc1Cl. The van der Waals surface area contributed by atoms with Crippen molar-refractivity contribution in [2.45, 2.75) is 6.67 Å². The van der Waals surface area contributed by atoms with E-state index in [1.165, 1.54) is 4.68 Å². The molecule has 0 unspecified atom stereocenters. The number of benzene rings is 2. The highest BCUT2D eigenvalue weighted by molar-refractivity contribution is 7.71. The lowest BCUT2D eigenvalue weighted by atomic mass is 10.2. The Kier molecular flexibility index (Phi) is 4.47. The van der Waals surface area contributed by atoms with Gasteiger partial charge in [-0.2, -0.15) is 0 Å². The Morgan fingerprint density at radius 1 is 1.05 bits per heavy atom. The van der Waals surface area contributed by atoms with E-state index in [1.54, 1.807) is 12.1 Å². The van der Waals surface area contributed by atoms with Crippen LogP contribution in [0.3, 0.4) is 0 Å². The number of hydrogen-bond acceptors (Lipinski definition) is 4. The van der Waals surface area contributed by atoms with Crippen LogP contribution < -0.4 is 5.32 Å². The van der Waals surface area contributed by atoms with Gasteiger partial charge in [0, 0.05) is 0 Å². The maximum Gasteiger partial charge on any atom is 0.289 e. The lowest BCUT2D eigenvalue weighted by Gasteiger charge is -2.06. The summed E-state index contributed by atoms with van der Waals surface area (Å²) >= 11 is 17.4. The minimum Gasteiger partial charge on any atom is -0.409 e. The van der Waals surface area contributed by atoms with Crippen molar-refractivity contribution in [2.24, 2.45) is 0 Å². The van der Waals surface area contributed by atoms with E-state index >= 15 is 0 Å². The van der Waals surface area contributed by atoms with Crippen molar-refractivity contribution < 1.29 is 4.42 Å². The van der Waals surface area contributed by atoms with Gasteiger partial charge in [-0.3, -0.25) is 0 Å². The van der Waals surface area contributed by atoms with Crippen molar-refractivity contribution in [3.63, 3.8) is 0 Å². The molecule has 0 saturated heterocycles. The van der Waals surface area contributed by atoms with Crippen LogP contribution in [0.5, 0.6) is 0 Å². The van der Waals surface area contributed by atoms with E-state index in [0.29, 0.717) is 28.2 Å². The number of nitrogens with zero attached hydrogens (tertiary/aromatic N) is 2. The monoisotopic (exact) mass is 351 g/mol. The molecular formula is C15H11Cl2N3OS. The summed E-state index contributed by atoms with van der Waals surface area (Å²) in [4.78, 5) is 0.259. The minimum atomic E-state index is 0.259. The Morgan fingerprint density at radius 3 is 2.45 bits per heavy atom. The predicted octanol–water partition coefficient (Wildman–Crippen LogP) is 5.25. The van der Waals surface area contributed by atoms with Crippen LogP contribution in [-0.4, -0.2) is 9.78 Å². The van der Waals surface area contributed by atoms with Gasteiger partial charge in [0.05, 0.1) is 21.3 Å². The first-order valence-corrected chi connectivity index (χ1v) is 7.63. The lowest BCUT2D eigenvalue weighted by molar-refractivity contribution is 0.522. The maximum absolute atomic E-state index is 6.14. The molecule has 22 heavy (non-hydrogen) atoms. The summed E-state index contributed by atoms with van der Waals surface area (Å²) in [5.41, 5.74) is 1.50. The van der Waals surface area contributed by atoms with E-state index in [0.717, 1.165) is 5.69 Å². The molecular weight excluding hydrogens is 341 g/mol. The topological polar surface area (TPSA) is 43.0 Å².